The SMILES string of the molecule is COc1c(C2=NNC(=O)CC2)ccc(C(=O)NCCN2CCOCC2)c1Cl. The molecule has 146 valence electrons. The maximum Gasteiger partial charge on any atom is 0.252 e. The highest BCUT2D eigenvalue weighted by molar-refractivity contribution is 6.36. The fourth-order valence-corrected chi connectivity index (χ4v) is 3.40. The molecule has 1 aromatic rings. The summed E-state index contributed by atoms with van der Waals surface area (Å²) in [5.74, 6) is 0.00414. The molecule has 0 aliphatic carbocycles. The fraction of sp³-hybridized carbons (Fsp3) is 0.500. The Morgan fingerprint density at radius 3 is 2.81 bits per heavy atom. The minimum absolute atomic E-state index is 0.125. The number of hydrogen-bond acceptors (Lipinski definition) is 6. The average molecular weight is 395 g/mol. The maximum absolute atomic E-state index is 12.5. The Balaban J connectivity index is 1.68. The van der Waals surface area contributed by atoms with Gasteiger partial charge in [-0.1, -0.05) is 11.6 Å². The van der Waals surface area contributed by atoms with Crippen molar-refractivity contribution in [3.8, 4) is 5.75 Å². The number of hydrogen-bond donors (Lipinski definition) is 2. The van der Waals surface area contributed by atoms with Gasteiger partial charge in [-0.05, 0) is 12.1 Å². The number of morpholine rings is 1. The number of methoxy groups -OCH3 is 1. The van der Waals surface area contributed by atoms with Gasteiger partial charge in [-0.25, -0.2) is 5.43 Å². The first-order chi connectivity index (χ1) is 13.1. The lowest BCUT2D eigenvalue weighted by molar-refractivity contribution is -0.121. The van der Waals surface area contributed by atoms with Crippen molar-refractivity contribution >= 4 is 29.1 Å². The number of ether oxygens (including phenoxy) is 2. The van der Waals surface area contributed by atoms with Crippen LogP contribution >= 0.6 is 11.6 Å². The van der Waals surface area contributed by atoms with Crippen LogP contribution in [0.3, 0.4) is 0 Å². The van der Waals surface area contributed by atoms with Crippen LogP contribution < -0.4 is 15.5 Å². The van der Waals surface area contributed by atoms with E-state index >= 15 is 0 Å². The van der Waals surface area contributed by atoms with Crippen LogP contribution in [-0.2, 0) is 9.53 Å². The van der Waals surface area contributed by atoms with Gasteiger partial charge in [-0.15, -0.1) is 0 Å². The lowest BCUT2D eigenvalue weighted by Crippen LogP contribution is -2.41. The van der Waals surface area contributed by atoms with Gasteiger partial charge in [-0.3, -0.25) is 14.5 Å². The first kappa shape index (κ1) is 19.6. The summed E-state index contributed by atoms with van der Waals surface area (Å²) in [5, 5.41) is 7.20. The molecule has 0 spiro atoms. The van der Waals surface area contributed by atoms with Crippen molar-refractivity contribution in [2.75, 3.05) is 46.5 Å². The van der Waals surface area contributed by atoms with Gasteiger partial charge in [0.2, 0.25) is 5.91 Å². The highest BCUT2D eigenvalue weighted by Crippen LogP contribution is 2.33. The summed E-state index contributed by atoms with van der Waals surface area (Å²) in [6.07, 6.45) is 0.840. The van der Waals surface area contributed by atoms with E-state index in [4.69, 9.17) is 21.1 Å². The van der Waals surface area contributed by atoms with Crippen LogP contribution in [0.2, 0.25) is 5.02 Å². The van der Waals surface area contributed by atoms with Crippen LogP contribution in [0.4, 0.5) is 0 Å². The number of amides is 2. The molecule has 2 heterocycles. The van der Waals surface area contributed by atoms with Gasteiger partial charge in [0.05, 0.1) is 36.6 Å². The zero-order valence-electron chi connectivity index (χ0n) is 15.2. The lowest BCUT2D eigenvalue weighted by atomic mass is 10.0. The van der Waals surface area contributed by atoms with Crippen LogP contribution in [0.5, 0.6) is 5.75 Å². The Bertz CT molecular complexity index is 747. The van der Waals surface area contributed by atoms with E-state index in [1.807, 2.05) is 0 Å². The monoisotopic (exact) mass is 394 g/mol. The number of nitrogens with zero attached hydrogens (tertiary/aromatic N) is 2. The predicted molar refractivity (Wildman–Crippen MR) is 102 cm³/mol. The van der Waals surface area contributed by atoms with E-state index in [9.17, 15) is 9.59 Å². The minimum atomic E-state index is -0.253. The molecule has 3 rings (SSSR count). The second kappa shape index (κ2) is 9.16. The van der Waals surface area contributed by atoms with Crippen LogP contribution in [0.25, 0.3) is 0 Å². The molecule has 1 saturated heterocycles. The largest absolute Gasteiger partial charge is 0.494 e. The van der Waals surface area contributed by atoms with Gasteiger partial charge >= 0.3 is 0 Å². The summed E-state index contributed by atoms with van der Waals surface area (Å²) < 4.78 is 10.7. The van der Waals surface area contributed by atoms with Crippen molar-refractivity contribution in [1.29, 1.82) is 0 Å². The molecule has 0 unspecified atom stereocenters. The van der Waals surface area contributed by atoms with E-state index in [1.165, 1.54) is 7.11 Å². The summed E-state index contributed by atoms with van der Waals surface area (Å²) >= 11 is 6.43. The third kappa shape index (κ3) is 4.77. The van der Waals surface area contributed by atoms with Crippen LogP contribution in [0.1, 0.15) is 28.8 Å². The second-order valence-corrected chi connectivity index (χ2v) is 6.69. The Morgan fingerprint density at radius 2 is 2.15 bits per heavy atom. The molecular formula is C18H23ClN4O4. The molecule has 0 bridgehead atoms. The highest BCUT2D eigenvalue weighted by atomic mass is 35.5. The van der Waals surface area contributed by atoms with Crippen molar-refractivity contribution in [2.45, 2.75) is 12.8 Å². The number of halogens is 1. The summed E-state index contributed by atoms with van der Waals surface area (Å²) in [4.78, 5) is 26.0. The summed E-state index contributed by atoms with van der Waals surface area (Å²) in [6, 6.07) is 3.40. The molecule has 0 aromatic heterocycles. The molecule has 2 aliphatic heterocycles. The molecule has 0 saturated carbocycles. The number of carbonyl (C=O) groups excluding carboxylic acids is 2. The second-order valence-electron chi connectivity index (χ2n) is 6.31. The van der Waals surface area contributed by atoms with Crippen LogP contribution in [0, 0.1) is 0 Å². The first-order valence-corrected chi connectivity index (χ1v) is 9.28. The van der Waals surface area contributed by atoms with Gasteiger partial charge in [-0.2, -0.15) is 5.10 Å². The van der Waals surface area contributed by atoms with E-state index in [2.05, 4.69) is 20.7 Å². The van der Waals surface area contributed by atoms with Crippen LogP contribution in [0.15, 0.2) is 17.2 Å². The molecule has 0 atom stereocenters. The van der Waals surface area contributed by atoms with Crippen molar-refractivity contribution in [1.82, 2.24) is 15.6 Å². The number of benzene rings is 1. The lowest BCUT2D eigenvalue weighted by Gasteiger charge is -2.26. The minimum Gasteiger partial charge on any atom is -0.494 e. The average Bonchev–Trinajstić information content (AvgIpc) is 2.69. The number of hydrazone groups is 1. The van der Waals surface area contributed by atoms with E-state index in [0.717, 1.165) is 32.8 Å². The molecule has 2 amide bonds. The summed E-state index contributed by atoms with van der Waals surface area (Å²) in [7, 11) is 1.49. The third-order valence-electron chi connectivity index (χ3n) is 4.58. The molecule has 8 nitrogen and oxygen atoms in total. The summed E-state index contributed by atoms with van der Waals surface area (Å²) in [6.45, 7) is 4.48. The van der Waals surface area contributed by atoms with Crippen LogP contribution in [-0.4, -0.2) is 68.9 Å². The molecule has 27 heavy (non-hydrogen) atoms. The van der Waals surface area contributed by atoms with Gasteiger partial charge in [0.25, 0.3) is 5.91 Å². The van der Waals surface area contributed by atoms with E-state index < -0.39 is 0 Å². The number of nitrogens with one attached hydrogen (secondary N) is 2. The van der Waals surface area contributed by atoms with Crippen molar-refractivity contribution < 1.29 is 19.1 Å². The standard InChI is InChI=1S/C18H23ClN4O4/c1-26-17-12(14-4-5-15(24)22-21-14)2-3-13(16(17)19)18(25)20-6-7-23-8-10-27-11-9-23/h2-3H,4-11H2,1H3,(H,20,25)(H,22,24). The molecule has 1 fully saturated rings. The number of rotatable bonds is 6. The van der Waals surface area contributed by atoms with Gasteiger partial charge in [0.1, 0.15) is 5.75 Å². The third-order valence-corrected chi connectivity index (χ3v) is 4.95. The Labute approximate surface area is 162 Å². The molecular weight excluding hydrogens is 372 g/mol. The highest BCUT2D eigenvalue weighted by Gasteiger charge is 2.22. The van der Waals surface area contributed by atoms with Crippen molar-refractivity contribution in [3.05, 3.63) is 28.3 Å². The maximum atomic E-state index is 12.5. The van der Waals surface area contributed by atoms with Gasteiger partial charge < -0.3 is 14.8 Å². The smallest absolute Gasteiger partial charge is 0.252 e. The molecule has 9 heteroatoms. The zero-order valence-corrected chi connectivity index (χ0v) is 16.0. The normalized spacial score (nSPS) is 17.9. The Morgan fingerprint density at radius 1 is 1.37 bits per heavy atom. The summed E-state index contributed by atoms with van der Waals surface area (Å²) in [5.41, 5.74) is 4.15. The van der Waals surface area contributed by atoms with Crippen molar-refractivity contribution in [2.24, 2.45) is 5.10 Å². The van der Waals surface area contributed by atoms with Gasteiger partial charge in [0, 0.05) is 44.6 Å². The quantitative estimate of drug-likeness (QED) is 0.751. The van der Waals surface area contributed by atoms with Gasteiger partial charge in [0.15, 0.2) is 0 Å². The van der Waals surface area contributed by atoms with E-state index in [1.54, 1.807) is 12.1 Å². The van der Waals surface area contributed by atoms with Crippen molar-refractivity contribution in [3.63, 3.8) is 0 Å². The predicted octanol–water partition coefficient (Wildman–Crippen LogP) is 1.02. The first-order valence-electron chi connectivity index (χ1n) is 8.90. The molecule has 2 N–H and O–H groups in total. The Kier molecular flexibility index (Phi) is 6.65. The van der Waals surface area contributed by atoms with E-state index in [-0.39, 0.29) is 16.8 Å². The number of carbonyl (C=O) groups is 2. The fourth-order valence-electron chi connectivity index (χ4n) is 3.07. The molecule has 1 aromatic carbocycles. The molecule has 0 radical (unpaired) electrons. The molecule has 2 aliphatic rings. The Hall–Kier alpha value is -2.16. The zero-order chi connectivity index (χ0) is 19.2. The van der Waals surface area contributed by atoms with E-state index in [0.29, 0.717) is 42.0 Å². The topological polar surface area (TPSA) is 92.3 Å².